The Bertz CT molecular complexity index is 526. The lowest BCUT2D eigenvalue weighted by atomic mass is 9.84. The highest BCUT2D eigenvalue weighted by molar-refractivity contribution is 6.33. The molecule has 1 aliphatic carbocycles. The van der Waals surface area contributed by atoms with Gasteiger partial charge in [-0.2, -0.15) is 0 Å². The lowest BCUT2D eigenvalue weighted by molar-refractivity contribution is -0.293. The molecule has 13 heteroatoms. The van der Waals surface area contributed by atoms with E-state index in [0.717, 1.165) is 0 Å². The number of rotatable bonds is 3. The number of carbonyl (C=O) groups is 1. The van der Waals surface area contributed by atoms with Crippen LogP contribution in [0.15, 0.2) is 0 Å². The molecule has 0 aromatic rings. The van der Waals surface area contributed by atoms with Crippen LogP contribution >= 0.6 is 12.4 Å². The topological polar surface area (TPSA) is 219 Å². The zero-order valence-electron chi connectivity index (χ0n) is 14.4. The second kappa shape index (κ2) is 9.41. The van der Waals surface area contributed by atoms with Crippen LogP contribution in [-0.4, -0.2) is 104 Å². The summed E-state index contributed by atoms with van der Waals surface area (Å²) < 4.78 is 11.0. The smallest absolute Gasteiger partial charge is 0.370 e. The molecule has 0 spiro atoms. The second-order valence-electron chi connectivity index (χ2n) is 6.59. The predicted octanol–water partition coefficient (Wildman–Crippen LogP) is -3.91. The molecule has 0 amide bonds. The molecule has 1 saturated carbocycles. The van der Waals surface area contributed by atoms with Gasteiger partial charge in [0.1, 0.15) is 36.6 Å². The molecule has 10 N–H and O–H groups in total. The van der Waals surface area contributed by atoms with Gasteiger partial charge in [0.05, 0.1) is 18.2 Å². The van der Waals surface area contributed by atoms with Crippen molar-refractivity contribution in [2.45, 2.75) is 74.4 Å². The van der Waals surface area contributed by atoms with E-state index in [9.17, 15) is 30.3 Å². The Morgan fingerprint density at radius 3 is 2.07 bits per heavy atom. The van der Waals surface area contributed by atoms with Gasteiger partial charge in [0.2, 0.25) is 5.84 Å². The summed E-state index contributed by atoms with van der Waals surface area (Å²) in [5.41, 5.74) is 5.94. The number of hydrogen-bond donors (Lipinski definition) is 9. The molecule has 0 aromatic carbocycles. The Morgan fingerprint density at radius 2 is 1.59 bits per heavy atom. The molecule has 1 aliphatic heterocycles. The Hall–Kier alpha value is -1.09. The van der Waals surface area contributed by atoms with Crippen LogP contribution in [-0.2, 0) is 14.3 Å². The Balaban J connectivity index is 0.00000364. The maximum absolute atomic E-state index is 10.7. The Labute approximate surface area is 160 Å². The molecular weight excluding hydrogens is 390 g/mol. The first kappa shape index (κ1) is 23.9. The zero-order valence-corrected chi connectivity index (χ0v) is 15.2. The van der Waals surface area contributed by atoms with Crippen LogP contribution in [0.4, 0.5) is 0 Å². The van der Waals surface area contributed by atoms with Crippen molar-refractivity contribution >= 4 is 24.2 Å². The number of nitrogens with two attached hydrogens (primary N) is 1. The summed E-state index contributed by atoms with van der Waals surface area (Å²) in [7, 11) is 0. The molecule has 0 aromatic heterocycles. The largest absolute Gasteiger partial charge is 0.475 e. The fraction of sp³-hybridized carbons (Fsp3) is 0.857. The highest BCUT2D eigenvalue weighted by atomic mass is 35.5. The fourth-order valence-corrected chi connectivity index (χ4v) is 3.07. The third-order valence-corrected chi connectivity index (χ3v) is 4.70. The van der Waals surface area contributed by atoms with E-state index in [1.165, 1.54) is 0 Å². The van der Waals surface area contributed by atoms with Gasteiger partial charge in [0.25, 0.3) is 0 Å². The van der Waals surface area contributed by atoms with E-state index in [-0.39, 0.29) is 18.8 Å². The highest BCUT2D eigenvalue weighted by Gasteiger charge is 2.50. The van der Waals surface area contributed by atoms with Gasteiger partial charge in [-0.3, -0.25) is 5.41 Å². The van der Waals surface area contributed by atoms with Crippen molar-refractivity contribution < 1.29 is 44.9 Å². The van der Waals surface area contributed by atoms with Crippen molar-refractivity contribution in [3.05, 3.63) is 0 Å². The van der Waals surface area contributed by atoms with Crippen molar-refractivity contribution in [2.75, 3.05) is 0 Å². The van der Waals surface area contributed by atoms with Gasteiger partial charge in [-0.05, 0) is 13.3 Å². The summed E-state index contributed by atoms with van der Waals surface area (Å²) >= 11 is 0. The molecular formula is C14H26ClN3O9. The summed E-state index contributed by atoms with van der Waals surface area (Å²) in [6.45, 7) is 1.59. The standard InChI is InChI=1S/C14H25N3O9.ClH/c1-3-5(17-12(16)13(23)24)2-4(15)14(25-3)26-11-9(21)7(19)6(18)8(20)10(11)22;/h3-11,14,18-22H,2,15H2,1H3,(H2,16,17)(H,23,24);1H/t3-,4+,5+,6-,7+,8+,9-,10+,11+,14-;/m1./s1. The van der Waals surface area contributed by atoms with Gasteiger partial charge < -0.3 is 51.2 Å². The molecule has 10 atom stereocenters. The number of nitrogens with one attached hydrogen (secondary N) is 2. The second-order valence-corrected chi connectivity index (χ2v) is 6.59. The molecule has 12 nitrogen and oxygen atoms in total. The molecule has 0 radical (unpaired) electrons. The van der Waals surface area contributed by atoms with Crippen LogP contribution in [0.2, 0.25) is 0 Å². The van der Waals surface area contributed by atoms with E-state index < -0.39 is 72.9 Å². The summed E-state index contributed by atoms with van der Waals surface area (Å²) in [4.78, 5) is 10.7. The van der Waals surface area contributed by atoms with Crippen molar-refractivity contribution in [1.29, 1.82) is 5.41 Å². The first-order chi connectivity index (χ1) is 12.0. The van der Waals surface area contributed by atoms with Crippen LogP contribution in [0.3, 0.4) is 0 Å². The third kappa shape index (κ3) is 5.04. The monoisotopic (exact) mass is 415 g/mol. The van der Waals surface area contributed by atoms with Crippen LogP contribution < -0.4 is 11.1 Å². The van der Waals surface area contributed by atoms with Crippen molar-refractivity contribution in [1.82, 2.24) is 5.32 Å². The average molecular weight is 416 g/mol. The van der Waals surface area contributed by atoms with Gasteiger partial charge in [0, 0.05) is 0 Å². The molecule has 2 aliphatic rings. The van der Waals surface area contributed by atoms with Crippen LogP contribution in [0, 0.1) is 5.41 Å². The summed E-state index contributed by atoms with van der Waals surface area (Å²) in [5.74, 6) is -2.14. The lowest BCUT2D eigenvalue weighted by Crippen LogP contribution is -2.66. The number of aliphatic hydroxyl groups excluding tert-OH is 5. The molecule has 2 fully saturated rings. The van der Waals surface area contributed by atoms with Crippen LogP contribution in [0.25, 0.3) is 0 Å². The van der Waals surface area contributed by atoms with Crippen molar-refractivity contribution in [2.24, 2.45) is 5.73 Å². The number of amidine groups is 1. The van der Waals surface area contributed by atoms with Crippen molar-refractivity contribution in [3.8, 4) is 0 Å². The SMILES string of the molecule is C[C@H]1O[C@H](O[C@H]2[C@H](O)[C@@H](O)[C@@H](O)[C@H](O)[C@@H]2O)[C@@H](N)C[C@@H]1NC(=N)C(=O)O.Cl. The molecule has 0 bridgehead atoms. The van der Waals surface area contributed by atoms with Gasteiger partial charge >= 0.3 is 5.97 Å². The Kier molecular flexibility index (Phi) is 8.34. The molecule has 1 heterocycles. The van der Waals surface area contributed by atoms with E-state index in [4.69, 9.17) is 25.7 Å². The molecule has 2 rings (SSSR count). The number of aliphatic hydroxyl groups is 5. The molecule has 27 heavy (non-hydrogen) atoms. The minimum absolute atomic E-state index is 0. The van der Waals surface area contributed by atoms with E-state index >= 15 is 0 Å². The normalized spacial score (nSPS) is 44.9. The predicted molar refractivity (Wildman–Crippen MR) is 91.4 cm³/mol. The van der Waals surface area contributed by atoms with Gasteiger partial charge in [-0.1, -0.05) is 0 Å². The lowest BCUT2D eigenvalue weighted by Gasteiger charge is -2.45. The van der Waals surface area contributed by atoms with Crippen LogP contribution in [0.5, 0.6) is 0 Å². The number of carboxylic acids is 1. The number of aliphatic carboxylic acids is 1. The zero-order chi connectivity index (χ0) is 19.8. The third-order valence-electron chi connectivity index (χ3n) is 4.70. The maximum atomic E-state index is 10.7. The molecule has 1 saturated heterocycles. The number of halogens is 1. The van der Waals surface area contributed by atoms with Crippen LogP contribution in [0.1, 0.15) is 13.3 Å². The summed E-state index contributed by atoms with van der Waals surface area (Å²) in [6.07, 6.45) is -11.7. The van der Waals surface area contributed by atoms with Gasteiger partial charge in [0.15, 0.2) is 6.29 Å². The first-order valence-corrected chi connectivity index (χ1v) is 8.09. The highest BCUT2D eigenvalue weighted by Crippen LogP contribution is 2.28. The quantitative estimate of drug-likeness (QED) is 0.160. The van der Waals surface area contributed by atoms with Gasteiger partial charge in [-0.15, -0.1) is 12.4 Å². The van der Waals surface area contributed by atoms with Crippen molar-refractivity contribution in [3.63, 3.8) is 0 Å². The van der Waals surface area contributed by atoms with E-state index in [1.807, 2.05) is 0 Å². The van der Waals surface area contributed by atoms with E-state index in [0.29, 0.717) is 0 Å². The van der Waals surface area contributed by atoms with E-state index in [2.05, 4.69) is 5.32 Å². The molecule has 0 unspecified atom stereocenters. The Morgan fingerprint density at radius 1 is 1.11 bits per heavy atom. The summed E-state index contributed by atoms with van der Waals surface area (Å²) in [6, 6.07) is -1.39. The number of carboxylic acid groups (broad SMARTS) is 1. The minimum atomic E-state index is -1.74. The summed E-state index contributed by atoms with van der Waals surface area (Å²) in [5, 5.41) is 67.6. The fourth-order valence-electron chi connectivity index (χ4n) is 3.07. The average Bonchev–Trinajstić information content (AvgIpc) is 2.58. The van der Waals surface area contributed by atoms with E-state index in [1.54, 1.807) is 6.92 Å². The minimum Gasteiger partial charge on any atom is -0.475 e. The molecule has 158 valence electrons. The van der Waals surface area contributed by atoms with Gasteiger partial charge in [-0.25, -0.2) is 4.79 Å². The number of hydrogen-bond acceptors (Lipinski definition) is 10. The number of ether oxygens (including phenoxy) is 2. The first-order valence-electron chi connectivity index (χ1n) is 8.09. The maximum Gasteiger partial charge on any atom is 0.370 e.